The van der Waals surface area contributed by atoms with Gasteiger partial charge in [0.2, 0.25) is 0 Å². The predicted octanol–water partition coefficient (Wildman–Crippen LogP) is 1.24. The van der Waals surface area contributed by atoms with Crippen molar-refractivity contribution in [1.29, 1.82) is 0 Å². The number of aliphatic hydroxyl groups is 1. The Kier molecular flexibility index (Phi) is 5.39. The molecule has 0 saturated carbocycles. The van der Waals surface area contributed by atoms with Gasteiger partial charge in [-0.2, -0.15) is 0 Å². The zero-order valence-electron chi connectivity index (χ0n) is 9.40. The van der Waals surface area contributed by atoms with Gasteiger partial charge >= 0.3 is 0 Å². The molecule has 4 nitrogen and oxygen atoms in total. The van der Waals surface area contributed by atoms with Crippen LogP contribution in [0.15, 0.2) is 16.5 Å². The molecule has 0 atom stereocenters. The lowest BCUT2D eigenvalue weighted by atomic mass is 10.4. The summed E-state index contributed by atoms with van der Waals surface area (Å²) in [6.45, 7) is 5.06. The van der Waals surface area contributed by atoms with Crippen LogP contribution in [-0.4, -0.2) is 36.8 Å². The highest BCUT2D eigenvalue weighted by Gasteiger charge is 2.04. The Morgan fingerprint density at radius 3 is 2.73 bits per heavy atom. The van der Waals surface area contributed by atoms with E-state index in [1.165, 1.54) is 0 Å². The lowest BCUT2D eigenvalue weighted by molar-refractivity contribution is 0.117. The van der Waals surface area contributed by atoms with Crippen molar-refractivity contribution in [3.05, 3.63) is 23.7 Å². The minimum Gasteiger partial charge on any atom is -0.462 e. The van der Waals surface area contributed by atoms with Crippen LogP contribution in [-0.2, 0) is 17.9 Å². The van der Waals surface area contributed by atoms with E-state index in [1.807, 2.05) is 20.0 Å². The van der Waals surface area contributed by atoms with Gasteiger partial charge in [0.25, 0.3) is 0 Å². The molecule has 0 aromatic carbocycles. The van der Waals surface area contributed by atoms with E-state index in [9.17, 15) is 0 Å². The van der Waals surface area contributed by atoms with Gasteiger partial charge < -0.3 is 14.3 Å². The molecule has 0 radical (unpaired) electrons. The highest BCUT2D eigenvalue weighted by atomic mass is 16.5. The first-order valence-corrected chi connectivity index (χ1v) is 5.21. The van der Waals surface area contributed by atoms with Crippen LogP contribution in [0.25, 0.3) is 0 Å². The lowest BCUT2D eigenvalue weighted by Crippen LogP contribution is -2.22. The molecule has 0 fully saturated rings. The van der Waals surface area contributed by atoms with Crippen LogP contribution in [0.2, 0.25) is 0 Å². The van der Waals surface area contributed by atoms with Gasteiger partial charge in [-0.3, -0.25) is 4.90 Å². The van der Waals surface area contributed by atoms with Crippen LogP contribution in [0.3, 0.4) is 0 Å². The Morgan fingerprint density at radius 2 is 2.13 bits per heavy atom. The first kappa shape index (κ1) is 12.2. The maximum atomic E-state index is 8.83. The second-order valence-corrected chi connectivity index (χ2v) is 3.46. The first-order valence-electron chi connectivity index (χ1n) is 5.21. The van der Waals surface area contributed by atoms with Gasteiger partial charge in [-0.25, -0.2) is 0 Å². The van der Waals surface area contributed by atoms with Crippen LogP contribution in [0.4, 0.5) is 0 Å². The first-order chi connectivity index (χ1) is 7.26. The number of rotatable bonds is 7. The predicted molar refractivity (Wildman–Crippen MR) is 57.5 cm³/mol. The molecule has 1 aromatic heterocycles. The largest absolute Gasteiger partial charge is 0.462 e. The van der Waals surface area contributed by atoms with Gasteiger partial charge in [-0.15, -0.1) is 0 Å². The summed E-state index contributed by atoms with van der Waals surface area (Å²) in [5.74, 6) is 1.49. The molecule has 0 aliphatic heterocycles. The standard InChI is InChI=1S/C11H19NO3/c1-3-14-7-6-12(2)8-10-4-5-11(9-13)15-10/h4-5,13H,3,6-9H2,1-2H3. The summed E-state index contributed by atoms with van der Waals surface area (Å²) in [5.41, 5.74) is 0. The summed E-state index contributed by atoms with van der Waals surface area (Å²) < 4.78 is 10.6. The zero-order chi connectivity index (χ0) is 11.1. The number of aliphatic hydroxyl groups excluding tert-OH is 1. The fourth-order valence-electron chi connectivity index (χ4n) is 1.30. The fourth-order valence-corrected chi connectivity index (χ4v) is 1.30. The van der Waals surface area contributed by atoms with Gasteiger partial charge in [0.15, 0.2) is 0 Å². The molecular weight excluding hydrogens is 194 g/mol. The number of hydrogen-bond donors (Lipinski definition) is 1. The highest BCUT2D eigenvalue weighted by Crippen LogP contribution is 2.09. The molecule has 0 unspecified atom stereocenters. The smallest absolute Gasteiger partial charge is 0.129 e. The number of furan rings is 1. The molecule has 0 spiro atoms. The molecule has 0 saturated heterocycles. The summed E-state index contributed by atoms with van der Waals surface area (Å²) in [7, 11) is 2.01. The third-order valence-corrected chi connectivity index (χ3v) is 2.12. The number of ether oxygens (including phenoxy) is 1. The van der Waals surface area contributed by atoms with Crippen molar-refractivity contribution < 1.29 is 14.3 Å². The van der Waals surface area contributed by atoms with Crippen molar-refractivity contribution >= 4 is 0 Å². The highest BCUT2D eigenvalue weighted by molar-refractivity contribution is 5.06. The average Bonchev–Trinajstić information content (AvgIpc) is 2.66. The third kappa shape index (κ3) is 4.46. The van der Waals surface area contributed by atoms with Crippen LogP contribution >= 0.6 is 0 Å². The van der Waals surface area contributed by atoms with E-state index in [1.54, 1.807) is 6.07 Å². The van der Waals surface area contributed by atoms with Crippen molar-refractivity contribution in [3.8, 4) is 0 Å². The molecule has 1 N–H and O–H groups in total. The molecule has 0 bridgehead atoms. The SMILES string of the molecule is CCOCCN(C)Cc1ccc(CO)o1. The molecule has 86 valence electrons. The van der Waals surface area contributed by atoms with Crippen molar-refractivity contribution in [2.75, 3.05) is 26.8 Å². The van der Waals surface area contributed by atoms with E-state index in [0.717, 1.165) is 32.1 Å². The molecule has 0 amide bonds. The Labute approximate surface area is 90.4 Å². The lowest BCUT2D eigenvalue weighted by Gasteiger charge is -2.14. The molecular formula is C11H19NO3. The van der Waals surface area contributed by atoms with Gasteiger partial charge in [0.1, 0.15) is 18.1 Å². The minimum absolute atomic E-state index is 0.0390. The van der Waals surface area contributed by atoms with Gasteiger partial charge in [0, 0.05) is 13.2 Å². The Hall–Kier alpha value is -0.840. The zero-order valence-corrected chi connectivity index (χ0v) is 9.40. The number of hydrogen-bond acceptors (Lipinski definition) is 4. The molecule has 1 heterocycles. The maximum absolute atomic E-state index is 8.83. The van der Waals surface area contributed by atoms with Crippen LogP contribution < -0.4 is 0 Å². The summed E-state index contributed by atoms with van der Waals surface area (Å²) in [6.07, 6.45) is 0. The maximum Gasteiger partial charge on any atom is 0.129 e. The van der Waals surface area contributed by atoms with E-state index in [2.05, 4.69) is 4.90 Å². The van der Waals surface area contributed by atoms with Crippen LogP contribution in [0, 0.1) is 0 Å². The Morgan fingerprint density at radius 1 is 1.40 bits per heavy atom. The second kappa shape index (κ2) is 6.61. The molecule has 1 rings (SSSR count). The summed E-state index contributed by atoms with van der Waals surface area (Å²) in [5, 5.41) is 8.83. The van der Waals surface area contributed by atoms with Crippen molar-refractivity contribution in [1.82, 2.24) is 4.90 Å². The van der Waals surface area contributed by atoms with E-state index < -0.39 is 0 Å². The molecule has 0 aliphatic rings. The fraction of sp³-hybridized carbons (Fsp3) is 0.636. The third-order valence-electron chi connectivity index (χ3n) is 2.12. The van der Waals surface area contributed by atoms with E-state index >= 15 is 0 Å². The second-order valence-electron chi connectivity index (χ2n) is 3.46. The Balaban J connectivity index is 2.27. The molecule has 4 heteroatoms. The Bertz CT molecular complexity index is 273. The summed E-state index contributed by atoms with van der Waals surface area (Å²) in [6, 6.07) is 3.69. The molecule has 15 heavy (non-hydrogen) atoms. The summed E-state index contributed by atoms with van der Waals surface area (Å²) in [4.78, 5) is 2.12. The van der Waals surface area contributed by atoms with E-state index in [-0.39, 0.29) is 6.61 Å². The van der Waals surface area contributed by atoms with Crippen LogP contribution in [0.1, 0.15) is 18.4 Å². The van der Waals surface area contributed by atoms with Crippen molar-refractivity contribution in [2.24, 2.45) is 0 Å². The quantitative estimate of drug-likeness (QED) is 0.692. The van der Waals surface area contributed by atoms with E-state index in [4.69, 9.17) is 14.3 Å². The van der Waals surface area contributed by atoms with Gasteiger partial charge in [0.05, 0.1) is 13.2 Å². The average molecular weight is 213 g/mol. The van der Waals surface area contributed by atoms with E-state index in [0.29, 0.717) is 5.76 Å². The van der Waals surface area contributed by atoms with Crippen molar-refractivity contribution in [3.63, 3.8) is 0 Å². The van der Waals surface area contributed by atoms with Gasteiger partial charge in [-0.1, -0.05) is 0 Å². The topological polar surface area (TPSA) is 45.8 Å². The van der Waals surface area contributed by atoms with Crippen LogP contribution in [0.5, 0.6) is 0 Å². The normalized spacial score (nSPS) is 11.2. The minimum atomic E-state index is -0.0390. The van der Waals surface area contributed by atoms with Crippen molar-refractivity contribution in [2.45, 2.75) is 20.1 Å². The number of likely N-dealkylation sites (N-methyl/N-ethyl adjacent to an activating group) is 1. The molecule has 1 aromatic rings. The number of nitrogens with zero attached hydrogens (tertiary/aromatic N) is 1. The molecule has 0 aliphatic carbocycles. The van der Waals surface area contributed by atoms with Gasteiger partial charge in [-0.05, 0) is 26.1 Å². The monoisotopic (exact) mass is 213 g/mol. The summed E-state index contributed by atoms with van der Waals surface area (Å²) >= 11 is 0.